The van der Waals surface area contributed by atoms with Crippen molar-refractivity contribution in [1.29, 1.82) is 5.26 Å². The maximum atomic E-state index is 9.53. The Labute approximate surface area is 125 Å². The molecule has 2 fully saturated rings. The van der Waals surface area contributed by atoms with Gasteiger partial charge in [0.05, 0.1) is 12.0 Å². The first-order valence-corrected chi connectivity index (χ1v) is 8.66. The molecule has 2 nitrogen and oxygen atoms in total. The summed E-state index contributed by atoms with van der Waals surface area (Å²) >= 11 is 0. The Bertz CT molecular complexity index is 328. The third-order valence-corrected chi connectivity index (χ3v) is 5.57. The zero-order valence-electron chi connectivity index (χ0n) is 13.7. The van der Waals surface area contributed by atoms with Crippen molar-refractivity contribution in [3.63, 3.8) is 0 Å². The van der Waals surface area contributed by atoms with E-state index in [1.165, 1.54) is 58.0 Å². The van der Waals surface area contributed by atoms with Crippen molar-refractivity contribution in [3.05, 3.63) is 0 Å². The fourth-order valence-electron chi connectivity index (χ4n) is 4.09. The van der Waals surface area contributed by atoms with E-state index in [1.54, 1.807) is 0 Å². The molecule has 2 rings (SSSR count). The highest BCUT2D eigenvalue weighted by molar-refractivity contribution is 4.99. The van der Waals surface area contributed by atoms with Crippen LogP contribution in [0.1, 0.15) is 72.1 Å². The molecule has 3 atom stereocenters. The van der Waals surface area contributed by atoms with Gasteiger partial charge in [-0.1, -0.05) is 40.0 Å². The Morgan fingerprint density at radius 1 is 0.950 bits per heavy atom. The molecule has 1 saturated carbocycles. The summed E-state index contributed by atoms with van der Waals surface area (Å²) in [6, 6.07) is 3.14. The highest BCUT2D eigenvalue weighted by atomic mass is 15.2. The molecule has 1 aliphatic heterocycles. The Morgan fingerprint density at radius 3 is 2.10 bits per heavy atom. The van der Waals surface area contributed by atoms with Crippen LogP contribution < -0.4 is 0 Å². The molecule has 0 amide bonds. The van der Waals surface area contributed by atoms with E-state index in [4.69, 9.17) is 0 Å². The monoisotopic (exact) mass is 276 g/mol. The molecular weight excluding hydrogens is 244 g/mol. The van der Waals surface area contributed by atoms with Crippen molar-refractivity contribution in [2.45, 2.75) is 78.2 Å². The molecule has 2 heteroatoms. The molecule has 3 unspecified atom stereocenters. The van der Waals surface area contributed by atoms with Crippen LogP contribution in [0.3, 0.4) is 0 Å². The number of rotatable bonds is 1. The smallest absolute Gasteiger partial charge is 0.0672 e. The average molecular weight is 276 g/mol. The van der Waals surface area contributed by atoms with Gasteiger partial charge in [0.15, 0.2) is 0 Å². The van der Waals surface area contributed by atoms with Gasteiger partial charge in [-0.3, -0.25) is 4.90 Å². The predicted molar refractivity (Wildman–Crippen MR) is 84.3 cm³/mol. The Balaban J connectivity index is 2.05. The molecule has 0 aromatic heterocycles. The van der Waals surface area contributed by atoms with Gasteiger partial charge in [-0.2, -0.15) is 5.26 Å². The normalized spacial score (nSPS) is 34.0. The van der Waals surface area contributed by atoms with Crippen LogP contribution in [0.15, 0.2) is 0 Å². The van der Waals surface area contributed by atoms with Crippen LogP contribution in [0, 0.1) is 28.6 Å². The molecule has 0 aromatic carbocycles. The summed E-state index contributed by atoms with van der Waals surface area (Å²) in [4.78, 5) is 2.67. The summed E-state index contributed by atoms with van der Waals surface area (Å²) in [7, 11) is 0. The van der Waals surface area contributed by atoms with E-state index in [0.717, 1.165) is 12.3 Å². The van der Waals surface area contributed by atoms with Crippen LogP contribution in [0.4, 0.5) is 0 Å². The van der Waals surface area contributed by atoms with Crippen LogP contribution >= 0.6 is 0 Å². The van der Waals surface area contributed by atoms with Gasteiger partial charge < -0.3 is 0 Å². The minimum Gasteiger partial charge on any atom is -0.299 e. The topological polar surface area (TPSA) is 27.0 Å². The first kappa shape index (κ1) is 15.8. The molecule has 0 bridgehead atoms. The minimum absolute atomic E-state index is 0.271. The largest absolute Gasteiger partial charge is 0.299 e. The summed E-state index contributed by atoms with van der Waals surface area (Å²) in [6.07, 6.45) is 10.4. The molecule has 0 radical (unpaired) electrons. The van der Waals surface area contributed by atoms with Crippen molar-refractivity contribution in [2.75, 3.05) is 13.1 Å². The van der Waals surface area contributed by atoms with E-state index < -0.39 is 0 Å². The van der Waals surface area contributed by atoms with E-state index in [0.29, 0.717) is 11.5 Å². The number of nitriles is 1. The lowest BCUT2D eigenvalue weighted by molar-refractivity contribution is 0.0555. The van der Waals surface area contributed by atoms with E-state index in [9.17, 15) is 5.26 Å². The molecule has 1 heterocycles. The van der Waals surface area contributed by atoms with Gasteiger partial charge in [-0.05, 0) is 56.5 Å². The van der Waals surface area contributed by atoms with E-state index in [-0.39, 0.29) is 5.92 Å². The molecule has 0 N–H and O–H groups in total. The van der Waals surface area contributed by atoms with Gasteiger partial charge in [-0.15, -0.1) is 0 Å². The van der Waals surface area contributed by atoms with Crippen LogP contribution in [0.25, 0.3) is 0 Å². The molecule has 20 heavy (non-hydrogen) atoms. The molecular formula is C18H32N2. The Hall–Kier alpha value is -0.550. The van der Waals surface area contributed by atoms with Crippen LogP contribution in [0.2, 0.25) is 0 Å². The maximum Gasteiger partial charge on any atom is 0.0672 e. The summed E-state index contributed by atoms with van der Waals surface area (Å²) in [5.41, 5.74) is 0.390. The summed E-state index contributed by atoms with van der Waals surface area (Å²) in [6.45, 7) is 9.55. The molecule has 0 spiro atoms. The highest BCUT2D eigenvalue weighted by Gasteiger charge is 2.38. The second-order valence-corrected chi connectivity index (χ2v) is 7.98. The number of likely N-dealkylation sites (tertiary alicyclic amines) is 1. The molecule has 1 saturated heterocycles. The van der Waals surface area contributed by atoms with Gasteiger partial charge >= 0.3 is 0 Å². The number of nitrogens with zero attached hydrogens (tertiary/aromatic N) is 2. The summed E-state index contributed by atoms with van der Waals surface area (Å²) in [5, 5.41) is 9.53. The quantitative estimate of drug-likeness (QED) is 0.699. The third kappa shape index (κ3) is 3.98. The SMILES string of the molecule is CC(C)(C)C1CCC(C#N)C(N2CCCCCCC2)C1. The number of hydrogen-bond donors (Lipinski definition) is 0. The lowest BCUT2D eigenvalue weighted by Crippen LogP contribution is -2.47. The van der Waals surface area contributed by atoms with Crippen LogP contribution in [-0.4, -0.2) is 24.0 Å². The zero-order valence-corrected chi connectivity index (χ0v) is 13.7. The predicted octanol–water partition coefficient (Wildman–Crippen LogP) is 4.61. The van der Waals surface area contributed by atoms with E-state index >= 15 is 0 Å². The highest BCUT2D eigenvalue weighted by Crippen LogP contribution is 2.41. The van der Waals surface area contributed by atoms with Gasteiger partial charge in [-0.25, -0.2) is 0 Å². The van der Waals surface area contributed by atoms with Gasteiger partial charge in [0.2, 0.25) is 0 Å². The zero-order chi connectivity index (χ0) is 14.6. The number of hydrogen-bond acceptors (Lipinski definition) is 2. The van der Waals surface area contributed by atoms with Gasteiger partial charge in [0.1, 0.15) is 0 Å². The molecule has 1 aliphatic carbocycles. The molecule has 114 valence electrons. The van der Waals surface area contributed by atoms with Crippen molar-refractivity contribution in [1.82, 2.24) is 4.90 Å². The summed E-state index contributed by atoms with van der Waals surface area (Å²) < 4.78 is 0. The van der Waals surface area contributed by atoms with Crippen molar-refractivity contribution < 1.29 is 0 Å². The second-order valence-electron chi connectivity index (χ2n) is 7.98. The van der Waals surface area contributed by atoms with Crippen LogP contribution in [-0.2, 0) is 0 Å². The Morgan fingerprint density at radius 2 is 1.55 bits per heavy atom. The van der Waals surface area contributed by atoms with Crippen LogP contribution in [0.5, 0.6) is 0 Å². The van der Waals surface area contributed by atoms with Crippen molar-refractivity contribution >= 4 is 0 Å². The minimum atomic E-state index is 0.271. The lowest BCUT2D eigenvalue weighted by atomic mass is 9.67. The standard InChI is InChI=1S/C18H32N2/c1-18(2,3)16-10-9-15(14-19)17(13-16)20-11-7-5-4-6-8-12-20/h15-17H,4-13H2,1-3H3. The average Bonchev–Trinajstić information content (AvgIpc) is 2.36. The molecule has 0 aromatic rings. The first-order valence-electron chi connectivity index (χ1n) is 8.66. The van der Waals surface area contributed by atoms with Crippen molar-refractivity contribution in [3.8, 4) is 6.07 Å². The maximum absolute atomic E-state index is 9.53. The molecule has 2 aliphatic rings. The van der Waals surface area contributed by atoms with Gasteiger partial charge in [0.25, 0.3) is 0 Å². The fourth-order valence-corrected chi connectivity index (χ4v) is 4.09. The van der Waals surface area contributed by atoms with E-state index in [1.807, 2.05) is 0 Å². The fraction of sp³-hybridized carbons (Fsp3) is 0.944. The van der Waals surface area contributed by atoms with E-state index in [2.05, 4.69) is 31.7 Å². The summed E-state index contributed by atoms with van der Waals surface area (Å²) in [5.74, 6) is 1.05. The third-order valence-electron chi connectivity index (χ3n) is 5.57. The Kier molecular flexibility index (Phi) is 5.49. The lowest BCUT2D eigenvalue weighted by Gasteiger charge is -2.44. The van der Waals surface area contributed by atoms with Crippen molar-refractivity contribution in [2.24, 2.45) is 17.3 Å². The van der Waals surface area contributed by atoms with Gasteiger partial charge in [0, 0.05) is 6.04 Å². The second kappa shape index (κ2) is 6.94. The first-order chi connectivity index (χ1) is 9.52.